The molecule has 2 aromatic heterocycles. The molecule has 0 unspecified atom stereocenters. The summed E-state index contributed by atoms with van der Waals surface area (Å²) in [5, 5.41) is 4.04. The predicted molar refractivity (Wildman–Crippen MR) is 96.7 cm³/mol. The summed E-state index contributed by atoms with van der Waals surface area (Å²) in [5.74, 6) is 0.918. The van der Waals surface area contributed by atoms with Crippen molar-refractivity contribution >= 4 is 0 Å². The van der Waals surface area contributed by atoms with Crippen LogP contribution in [0.2, 0.25) is 0 Å². The van der Waals surface area contributed by atoms with Crippen LogP contribution in [0.25, 0.3) is 0 Å². The number of pyridine rings is 1. The van der Waals surface area contributed by atoms with Crippen molar-refractivity contribution in [2.24, 2.45) is 0 Å². The number of hydrogen-bond donors (Lipinski definition) is 0. The van der Waals surface area contributed by atoms with Gasteiger partial charge in [-0.15, -0.1) is 0 Å². The molecule has 0 aliphatic carbocycles. The smallest absolute Gasteiger partial charge is 0.138 e. The summed E-state index contributed by atoms with van der Waals surface area (Å²) in [6.45, 7) is 10.2. The van der Waals surface area contributed by atoms with Crippen LogP contribution in [0.1, 0.15) is 41.0 Å². The fraction of sp³-hybridized carbons (Fsp3) is 0.600. The van der Waals surface area contributed by atoms with Crippen LogP contribution in [-0.2, 0) is 22.6 Å². The van der Waals surface area contributed by atoms with Gasteiger partial charge in [0, 0.05) is 50.6 Å². The maximum absolute atomic E-state index is 6.17. The maximum atomic E-state index is 6.17. The van der Waals surface area contributed by atoms with Crippen molar-refractivity contribution in [3.63, 3.8) is 0 Å². The number of rotatable bonds is 5. The zero-order chi connectivity index (χ0) is 18.1. The van der Waals surface area contributed by atoms with Crippen LogP contribution in [0.4, 0.5) is 0 Å². The first-order valence-electron chi connectivity index (χ1n) is 9.33. The third kappa shape index (κ3) is 3.68. The SMILES string of the molecule is Cc1cncc(CO[C@H]2CCOC3(C2)CN(Cc2c(C)noc2C)C3)c1. The number of aryl methyl sites for hydroxylation is 3. The van der Waals surface area contributed by atoms with Gasteiger partial charge in [-0.05, 0) is 38.3 Å². The summed E-state index contributed by atoms with van der Waals surface area (Å²) in [4.78, 5) is 6.64. The number of likely N-dealkylation sites (tertiary alicyclic amines) is 1. The van der Waals surface area contributed by atoms with Gasteiger partial charge >= 0.3 is 0 Å². The minimum absolute atomic E-state index is 0.0489. The van der Waals surface area contributed by atoms with Gasteiger partial charge in [0.1, 0.15) is 5.76 Å². The topological polar surface area (TPSA) is 60.6 Å². The van der Waals surface area contributed by atoms with E-state index < -0.39 is 0 Å². The van der Waals surface area contributed by atoms with E-state index in [9.17, 15) is 0 Å². The molecule has 0 N–H and O–H groups in total. The Labute approximate surface area is 154 Å². The van der Waals surface area contributed by atoms with E-state index in [1.165, 1.54) is 11.1 Å². The lowest BCUT2D eigenvalue weighted by Crippen LogP contribution is -2.65. The van der Waals surface area contributed by atoms with Crippen LogP contribution >= 0.6 is 0 Å². The van der Waals surface area contributed by atoms with Crippen LogP contribution in [0.5, 0.6) is 0 Å². The van der Waals surface area contributed by atoms with E-state index in [1.54, 1.807) is 0 Å². The van der Waals surface area contributed by atoms with Gasteiger partial charge in [-0.25, -0.2) is 0 Å². The lowest BCUT2D eigenvalue weighted by molar-refractivity contribution is -0.200. The van der Waals surface area contributed by atoms with E-state index in [2.05, 4.69) is 28.0 Å². The molecule has 6 heteroatoms. The summed E-state index contributed by atoms with van der Waals surface area (Å²) >= 11 is 0. The largest absolute Gasteiger partial charge is 0.373 e. The van der Waals surface area contributed by atoms with Gasteiger partial charge in [0.15, 0.2) is 0 Å². The average molecular weight is 357 g/mol. The minimum atomic E-state index is -0.0489. The molecule has 4 rings (SSSR count). The molecule has 0 radical (unpaired) electrons. The number of ether oxygens (including phenoxy) is 2. The Morgan fingerprint density at radius 2 is 2.12 bits per heavy atom. The molecule has 6 nitrogen and oxygen atoms in total. The van der Waals surface area contributed by atoms with Crippen molar-refractivity contribution < 1.29 is 14.0 Å². The van der Waals surface area contributed by atoms with Gasteiger partial charge in [-0.1, -0.05) is 11.2 Å². The first-order chi connectivity index (χ1) is 12.5. The third-order valence-corrected chi connectivity index (χ3v) is 5.45. The summed E-state index contributed by atoms with van der Waals surface area (Å²) in [6.07, 6.45) is 5.94. The van der Waals surface area contributed by atoms with Crippen molar-refractivity contribution in [2.45, 2.75) is 58.5 Å². The first-order valence-corrected chi connectivity index (χ1v) is 9.33. The molecule has 0 saturated carbocycles. The quantitative estimate of drug-likeness (QED) is 0.820. The molecule has 0 aromatic carbocycles. The highest BCUT2D eigenvalue weighted by molar-refractivity contribution is 5.21. The highest BCUT2D eigenvalue weighted by Gasteiger charge is 2.47. The Kier molecular flexibility index (Phi) is 4.82. The number of aromatic nitrogens is 2. The first kappa shape index (κ1) is 17.6. The van der Waals surface area contributed by atoms with Crippen molar-refractivity contribution in [3.8, 4) is 0 Å². The van der Waals surface area contributed by atoms with E-state index in [1.807, 2.05) is 26.2 Å². The molecule has 0 bridgehead atoms. The summed E-state index contributed by atoms with van der Waals surface area (Å²) in [5.41, 5.74) is 4.45. The van der Waals surface area contributed by atoms with E-state index in [-0.39, 0.29) is 11.7 Å². The van der Waals surface area contributed by atoms with E-state index in [0.29, 0.717) is 6.61 Å². The van der Waals surface area contributed by atoms with Crippen LogP contribution in [-0.4, -0.2) is 46.4 Å². The second-order valence-electron chi connectivity index (χ2n) is 7.78. The molecule has 26 heavy (non-hydrogen) atoms. The van der Waals surface area contributed by atoms with E-state index >= 15 is 0 Å². The fourth-order valence-electron chi connectivity index (χ4n) is 4.09. The van der Waals surface area contributed by atoms with Crippen LogP contribution in [0.3, 0.4) is 0 Å². The molecule has 2 aliphatic heterocycles. The maximum Gasteiger partial charge on any atom is 0.138 e. The summed E-state index contributed by atoms with van der Waals surface area (Å²) < 4.78 is 17.6. The zero-order valence-corrected chi connectivity index (χ0v) is 15.8. The van der Waals surface area contributed by atoms with Gasteiger partial charge in [-0.3, -0.25) is 9.88 Å². The van der Waals surface area contributed by atoms with Gasteiger partial charge < -0.3 is 14.0 Å². The Balaban J connectivity index is 1.29. The Morgan fingerprint density at radius 3 is 2.85 bits per heavy atom. The second-order valence-corrected chi connectivity index (χ2v) is 7.78. The molecule has 1 spiro atoms. The van der Waals surface area contributed by atoms with Crippen molar-refractivity contribution in [1.29, 1.82) is 0 Å². The third-order valence-electron chi connectivity index (χ3n) is 5.45. The predicted octanol–water partition coefficient (Wildman–Crippen LogP) is 2.95. The molecule has 2 saturated heterocycles. The van der Waals surface area contributed by atoms with Crippen LogP contribution in [0.15, 0.2) is 23.0 Å². The molecule has 4 heterocycles. The minimum Gasteiger partial charge on any atom is -0.373 e. The van der Waals surface area contributed by atoms with Gasteiger partial charge in [-0.2, -0.15) is 0 Å². The molecule has 2 fully saturated rings. The lowest BCUT2D eigenvalue weighted by atomic mass is 9.84. The fourth-order valence-corrected chi connectivity index (χ4v) is 4.09. The number of hydrogen-bond acceptors (Lipinski definition) is 6. The van der Waals surface area contributed by atoms with Gasteiger partial charge in [0.2, 0.25) is 0 Å². The molecule has 2 aliphatic rings. The monoisotopic (exact) mass is 357 g/mol. The van der Waals surface area contributed by atoms with Crippen molar-refractivity contribution in [1.82, 2.24) is 15.0 Å². The average Bonchev–Trinajstić information content (AvgIpc) is 2.91. The number of nitrogens with zero attached hydrogens (tertiary/aromatic N) is 3. The van der Waals surface area contributed by atoms with Gasteiger partial charge in [0.05, 0.1) is 24.0 Å². The Hall–Kier alpha value is -1.76. The van der Waals surface area contributed by atoms with Crippen molar-refractivity contribution in [3.05, 3.63) is 46.6 Å². The van der Waals surface area contributed by atoms with E-state index in [4.69, 9.17) is 14.0 Å². The molecule has 0 amide bonds. The second kappa shape index (κ2) is 7.10. The lowest BCUT2D eigenvalue weighted by Gasteiger charge is -2.53. The highest BCUT2D eigenvalue weighted by atomic mass is 16.5. The highest BCUT2D eigenvalue weighted by Crippen LogP contribution is 2.36. The molecule has 2 aromatic rings. The Bertz CT molecular complexity index is 748. The zero-order valence-electron chi connectivity index (χ0n) is 15.8. The molecular formula is C20H27N3O3. The molecule has 1 atom stereocenters. The van der Waals surface area contributed by atoms with Crippen LogP contribution in [0, 0.1) is 20.8 Å². The van der Waals surface area contributed by atoms with Gasteiger partial charge in [0.25, 0.3) is 0 Å². The standard InChI is InChI=1S/C20H27N3O3/c1-14-6-17(9-21-8-14)11-24-18-4-5-25-20(7-18)12-23(13-20)10-19-15(2)22-26-16(19)3/h6,8-9,18H,4-5,7,10-13H2,1-3H3/t18-/m0/s1. The van der Waals surface area contributed by atoms with E-state index in [0.717, 1.165) is 56.1 Å². The van der Waals surface area contributed by atoms with Crippen LogP contribution < -0.4 is 0 Å². The normalized spacial score (nSPS) is 22.5. The Morgan fingerprint density at radius 1 is 1.27 bits per heavy atom. The molecule has 140 valence electrons. The van der Waals surface area contributed by atoms with Crippen molar-refractivity contribution in [2.75, 3.05) is 19.7 Å². The molecular weight excluding hydrogens is 330 g/mol. The summed E-state index contributed by atoms with van der Waals surface area (Å²) in [7, 11) is 0. The summed E-state index contributed by atoms with van der Waals surface area (Å²) in [6, 6.07) is 2.14.